The van der Waals surface area contributed by atoms with Crippen molar-refractivity contribution >= 4 is 17.2 Å². The van der Waals surface area contributed by atoms with Crippen molar-refractivity contribution in [1.82, 2.24) is 24.6 Å². The van der Waals surface area contributed by atoms with Gasteiger partial charge >= 0.3 is 0 Å². The van der Waals surface area contributed by atoms with Crippen molar-refractivity contribution in [1.29, 1.82) is 0 Å². The summed E-state index contributed by atoms with van der Waals surface area (Å²) in [5.74, 6) is 0.397. The molecule has 0 spiro atoms. The van der Waals surface area contributed by atoms with Crippen molar-refractivity contribution in [3.63, 3.8) is 0 Å². The van der Waals surface area contributed by atoms with Gasteiger partial charge in [0.15, 0.2) is 11.5 Å². The molecule has 2 aliphatic carbocycles. The first-order valence-corrected chi connectivity index (χ1v) is 11.2. The Hall–Kier alpha value is -3.65. The first-order chi connectivity index (χ1) is 16.1. The summed E-state index contributed by atoms with van der Waals surface area (Å²) in [4.78, 5) is 13.2. The van der Waals surface area contributed by atoms with Gasteiger partial charge in [0.2, 0.25) is 5.95 Å². The number of pyridine rings is 1. The van der Waals surface area contributed by atoms with Crippen molar-refractivity contribution in [3.8, 4) is 11.4 Å². The molecule has 0 saturated carbocycles. The lowest BCUT2D eigenvalue weighted by Gasteiger charge is -2.26. The fourth-order valence-corrected chi connectivity index (χ4v) is 4.94. The largest absolute Gasteiger partial charge is 0.389 e. The molecule has 0 fully saturated rings. The number of nitrogens with zero attached hydrogens (tertiary/aromatic N) is 5. The van der Waals surface area contributed by atoms with Crippen LogP contribution in [0.5, 0.6) is 0 Å². The number of fused-ring (bicyclic) bond motifs is 3. The second kappa shape index (κ2) is 7.74. The monoisotopic (exact) mass is 442 g/mol. The number of aliphatic hydroxyl groups is 1. The van der Waals surface area contributed by atoms with Gasteiger partial charge in [-0.05, 0) is 55.4 Å². The molecule has 0 bridgehead atoms. The molecule has 2 atom stereocenters. The fraction of sp³-hybridized carbons (Fsp3) is 0.280. The van der Waals surface area contributed by atoms with Crippen molar-refractivity contribution in [2.45, 2.75) is 44.8 Å². The van der Waals surface area contributed by atoms with Crippen LogP contribution >= 0.6 is 0 Å². The number of benzene rings is 1. The summed E-state index contributed by atoms with van der Waals surface area (Å²) in [7, 11) is 0. The van der Waals surface area contributed by atoms with Crippen molar-refractivity contribution in [2.75, 3.05) is 5.32 Å². The van der Waals surface area contributed by atoms with E-state index in [1.807, 2.05) is 0 Å². The number of anilines is 1. The summed E-state index contributed by atoms with van der Waals surface area (Å²) in [6.45, 7) is 1.67. The Kier molecular flexibility index (Phi) is 4.69. The minimum Gasteiger partial charge on any atom is -0.389 e. The molecule has 0 saturated heterocycles. The second-order valence-corrected chi connectivity index (χ2v) is 8.77. The van der Waals surface area contributed by atoms with Gasteiger partial charge in [0.1, 0.15) is 5.82 Å². The van der Waals surface area contributed by atoms with E-state index in [4.69, 9.17) is 0 Å². The molecule has 4 aromatic rings. The molecule has 0 amide bonds. The first-order valence-electron chi connectivity index (χ1n) is 11.2. The second-order valence-electron chi connectivity index (χ2n) is 8.77. The molecule has 0 unspecified atom stereocenters. The highest BCUT2D eigenvalue weighted by atomic mass is 19.1. The number of rotatable bonds is 4. The molecule has 0 radical (unpaired) electrons. The minimum atomic E-state index is -0.749. The van der Waals surface area contributed by atoms with Gasteiger partial charge in [0, 0.05) is 23.4 Å². The molecular formula is C25H23FN6O. The number of aromatic nitrogens is 5. The Morgan fingerprint density at radius 2 is 2.06 bits per heavy atom. The van der Waals surface area contributed by atoms with E-state index in [0.717, 1.165) is 31.9 Å². The van der Waals surface area contributed by atoms with E-state index < -0.39 is 11.9 Å². The lowest BCUT2D eigenvalue weighted by Crippen LogP contribution is -2.25. The zero-order valence-electron chi connectivity index (χ0n) is 18.2. The van der Waals surface area contributed by atoms with Crippen LogP contribution in [0.15, 0.2) is 54.5 Å². The van der Waals surface area contributed by atoms with Gasteiger partial charge in [0.05, 0.1) is 18.5 Å². The average molecular weight is 442 g/mol. The third-order valence-electron chi connectivity index (χ3n) is 6.56. The van der Waals surface area contributed by atoms with Gasteiger partial charge in [-0.1, -0.05) is 29.8 Å². The van der Waals surface area contributed by atoms with E-state index in [2.05, 4.69) is 49.6 Å². The fourth-order valence-electron chi connectivity index (χ4n) is 4.94. The Labute approximate surface area is 190 Å². The van der Waals surface area contributed by atoms with E-state index in [-0.39, 0.29) is 6.04 Å². The standard InChI is InChI=1S/C25H23FN6O/c1-14(33)22-13-28-32-24(22)30-23(17-9-18(26)12-27-11-17)31-25(32)29-19-7-6-16-8-15-4-2-3-5-20(15)21(16)10-19/h2-5,9,11-14,19,33H,6-8,10H2,1H3,(H,29,30,31)/t14-,19-/m1/s1. The van der Waals surface area contributed by atoms with Crippen LogP contribution in [0.4, 0.5) is 10.3 Å². The quantitative estimate of drug-likeness (QED) is 0.489. The molecular weight excluding hydrogens is 419 g/mol. The molecule has 7 nitrogen and oxygen atoms in total. The minimum absolute atomic E-state index is 0.172. The third kappa shape index (κ3) is 3.47. The number of allylic oxidation sites excluding steroid dienone is 1. The SMILES string of the molecule is C[C@@H](O)c1cnn2c(N[C@@H]3CCC4=C(C3)c3ccccc3C4)nc(-c3cncc(F)c3)nc12. The van der Waals surface area contributed by atoms with E-state index in [1.165, 1.54) is 34.5 Å². The Morgan fingerprint density at radius 1 is 1.18 bits per heavy atom. The van der Waals surface area contributed by atoms with Gasteiger partial charge in [-0.3, -0.25) is 4.98 Å². The van der Waals surface area contributed by atoms with Gasteiger partial charge in [0.25, 0.3) is 0 Å². The molecule has 2 aliphatic rings. The molecule has 2 N–H and O–H groups in total. The van der Waals surface area contributed by atoms with E-state index in [0.29, 0.717) is 28.5 Å². The first kappa shape index (κ1) is 20.0. The molecule has 0 aliphatic heterocycles. The Balaban J connectivity index is 1.38. The molecule has 1 aromatic carbocycles. The normalized spacial score (nSPS) is 18.3. The Bertz CT molecular complexity index is 1410. The van der Waals surface area contributed by atoms with Crippen LogP contribution in [0, 0.1) is 5.82 Å². The van der Waals surface area contributed by atoms with Crippen molar-refractivity contribution in [2.24, 2.45) is 0 Å². The van der Waals surface area contributed by atoms with Crippen LogP contribution in [0.3, 0.4) is 0 Å². The van der Waals surface area contributed by atoms with Crippen LogP contribution in [-0.4, -0.2) is 35.7 Å². The van der Waals surface area contributed by atoms with Crippen molar-refractivity contribution in [3.05, 3.63) is 77.0 Å². The number of hydrogen-bond acceptors (Lipinski definition) is 6. The van der Waals surface area contributed by atoms with E-state index in [9.17, 15) is 9.50 Å². The van der Waals surface area contributed by atoms with Gasteiger partial charge in [-0.2, -0.15) is 14.6 Å². The van der Waals surface area contributed by atoms with Gasteiger partial charge in [-0.25, -0.2) is 9.37 Å². The molecule has 6 rings (SSSR count). The lowest BCUT2D eigenvalue weighted by atomic mass is 9.88. The van der Waals surface area contributed by atoms with Gasteiger partial charge in [-0.15, -0.1) is 0 Å². The van der Waals surface area contributed by atoms with Crippen LogP contribution in [-0.2, 0) is 6.42 Å². The summed E-state index contributed by atoms with van der Waals surface area (Å²) in [6.07, 6.45) is 7.50. The summed E-state index contributed by atoms with van der Waals surface area (Å²) in [5.41, 5.74) is 7.27. The zero-order valence-corrected chi connectivity index (χ0v) is 18.2. The highest BCUT2D eigenvalue weighted by Crippen LogP contribution is 2.42. The predicted molar refractivity (Wildman–Crippen MR) is 123 cm³/mol. The number of nitrogens with one attached hydrogen (secondary N) is 1. The maximum Gasteiger partial charge on any atom is 0.228 e. The van der Waals surface area contributed by atoms with Crippen LogP contribution in [0.2, 0.25) is 0 Å². The predicted octanol–water partition coefficient (Wildman–Crippen LogP) is 4.35. The maximum absolute atomic E-state index is 13.8. The molecule has 3 aromatic heterocycles. The summed E-state index contributed by atoms with van der Waals surface area (Å²) >= 11 is 0. The van der Waals surface area contributed by atoms with Crippen molar-refractivity contribution < 1.29 is 9.50 Å². The summed E-state index contributed by atoms with van der Waals surface area (Å²) < 4.78 is 15.5. The summed E-state index contributed by atoms with van der Waals surface area (Å²) in [5, 5.41) is 18.2. The van der Waals surface area contributed by atoms with Gasteiger partial charge < -0.3 is 10.4 Å². The maximum atomic E-state index is 13.8. The summed E-state index contributed by atoms with van der Waals surface area (Å²) in [6, 6.07) is 10.1. The molecule has 3 heterocycles. The van der Waals surface area contributed by atoms with E-state index in [1.54, 1.807) is 17.6 Å². The third-order valence-corrected chi connectivity index (χ3v) is 6.56. The van der Waals surface area contributed by atoms with Crippen LogP contribution < -0.4 is 5.32 Å². The molecule has 166 valence electrons. The topological polar surface area (TPSA) is 88.2 Å². The lowest BCUT2D eigenvalue weighted by molar-refractivity contribution is 0.200. The highest BCUT2D eigenvalue weighted by Gasteiger charge is 2.29. The number of halogens is 1. The molecule has 33 heavy (non-hydrogen) atoms. The smallest absolute Gasteiger partial charge is 0.228 e. The number of aliphatic hydroxyl groups excluding tert-OH is 1. The average Bonchev–Trinajstić information content (AvgIpc) is 3.41. The molecule has 8 heteroatoms. The van der Waals surface area contributed by atoms with Crippen LogP contribution in [0.1, 0.15) is 49.0 Å². The number of hydrogen-bond donors (Lipinski definition) is 2. The van der Waals surface area contributed by atoms with Crippen LogP contribution in [0.25, 0.3) is 22.6 Å². The Morgan fingerprint density at radius 3 is 2.91 bits per heavy atom. The zero-order chi connectivity index (χ0) is 22.5. The van der Waals surface area contributed by atoms with E-state index >= 15 is 0 Å². The highest BCUT2D eigenvalue weighted by molar-refractivity contribution is 5.77.